The highest BCUT2D eigenvalue weighted by atomic mass is 16.3. The number of aliphatic hydroxyl groups is 1. The van der Waals surface area contributed by atoms with Crippen LogP contribution < -0.4 is 5.32 Å². The molecule has 1 aliphatic heterocycles. The topological polar surface area (TPSA) is 35.5 Å². The van der Waals surface area contributed by atoms with Crippen LogP contribution in [0.1, 0.15) is 33.6 Å². The number of unbranched alkanes of at least 4 members (excludes halogenated alkanes) is 1. The maximum atomic E-state index is 9.69. The molecule has 0 saturated carbocycles. The first kappa shape index (κ1) is 12.0. The Labute approximate surface area is 87.5 Å². The lowest BCUT2D eigenvalue weighted by Crippen LogP contribution is -2.49. The van der Waals surface area contributed by atoms with E-state index in [4.69, 9.17) is 0 Å². The Balaban J connectivity index is 2.54. The van der Waals surface area contributed by atoms with Crippen LogP contribution in [0, 0.1) is 0 Å². The molecule has 14 heavy (non-hydrogen) atoms. The third-order valence-electron chi connectivity index (χ3n) is 3.01. The van der Waals surface area contributed by atoms with Crippen LogP contribution in [0.2, 0.25) is 0 Å². The average Bonchev–Trinajstić information content (AvgIpc) is 2.22. The van der Waals surface area contributed by atoms with E-state index in [0.717, 1.165) is 26.2 Å². The predicted molar refractivity (Wildman–Crippen MR) is 59.4 cm³/mol. The Morgan fingerprint density at radius 2 is 2.21 bits per heavy atom. The number of rotatable bonds is 3. The lowest BCUT2D eigenvalue weighted by molar-refractivity contribution is 0.0757. The molecule has 1 unspecified atom stereocenters. The Morgan fingerprint density at radius 3 is 2.86 bits per heavy atom. The molecule has 0 aromatic carbocycles. The molecule has 3 nitrogen and oxygen atoms in total. The van der Waals surface area contributed by atoms with Crippen LogP contribution in [0.25, 0.3) is 0 Å². The van der Waals surface area contributed by atoms with Crippen molar-refractivity contribution in [3.05, 3.63) is 0 Å². The van der Waals surface area contributed by atoms with Gasteiger partial charge in [0.25, 0.3) is 0 Å². The van der Waals surface area contributed by atoms with Crippen molar-refractivity contribution in [3.8, 4) is 0 Å². The van der Waals surface area contributed by atoms with E-state index >= 15 is 0 Å². The van der Waals surface area contributed by atoms with Gasteiger partial charge in [-0.05, 0) is 26.8 Å². The van der Waals surface area contributed by atoms with Gasteiger partial charge in [0.15, 0.2) is 0 Å². The first-order valence-electron chi connectivity index (χ1n) is 5.70. The fourth-order valence-corrected chi connectivity index (χ4v) is 1.97. The summed E-state index contributed by atoms with van der Waals surface area (Å²) in [6, 6.07) is 0. The minimum Gasteiger partial charge on any atom is -0.390 e. The molecule has 0 radical (unpaired) electrons. The fourth-order valence-electron chi connectivity index (χ4n) is 1.97. The number of aliphatic hydroxyl groups excluding tert-OH is 1. The van der Waals surface area contributed by atoms with E-state index in [0.29, 0.717) is 0 Å². The van der Waals surface area contributed by atoms with Gasteiger partial charge in [-0.3, -0.25) is 4.90 Å². The molecule has 0 aromatic heterocycles. The van der Waals surface area contributed by atoms with Crippen LogP contribution in [0.5, 0.6) is 0 Å². The zero-order valence-corrected chi connectivity index (χ0v) is 9.71. The van der Waals surface area contributed by atoms with Gasteiger partial charge >= 0.3 is 0 Å². The first-order chi connectivity index (χ1) is 6.56. The van der Waals surface area contributed by atoms with Crippen molar-refractivity contribution in [1.29, 1.82) is 0 Å². The third kappa shape index (κ3) is 3.23. The number of nitrogens with one attached hydrogen (secondary N) is 1. The van der Waals surface area contributed by atoms with Crippen molar-refractivity contribution in [2.45, 2.75) is 45.3 Å². The Bertz CT molecular complexity index is 171. The molecule has 1 rings (SSSR count). The molecule has 1 heterocycles. The Morgan fingerprint density at radius 1 is 1.50 bits per heavy atom. The molecular weight excluding hydrogens is 176 g/mol. The largest absolute Gasteiger partial charge is 0.390 e. The van der Waals surface area contributed by atoms with Gasteiger partial charge in [0.1, 0.15) is 0 Å². The highest BCUT2D eigenvalue weighted by molar-refractivity contribution is 4.88. The summed E-state index contributed by atoms with van der Waals surface area (Å²) in [5.41, 5.74) is 0.173. The van der Waals surface area contributed by atoms with E-state index in [2.05, 4.69) is 31.0 Å². The lowest BCUT2D eigenvalue weighted by atomic mass is 10.0. The van der Waals surface area contributed by atoms with Crippen LogP contribution in [0.15, 0.2) is 0 Å². The average molecular weight is 200 g/mol. The molecule has 0 spiro atoms. The summed E-state index contributed by atoms with van der Waals surface area (Å²) in [5, 5.41) is 13.0. The van der Waals surface area contributed by atoms with Crippen LogP contribution in [0.4, 0.5) is 0 Å². The van der Waals surface area contributed by atoms with Crippen LogP contribution in [-0.2, 0) is 0 Å². The molecule has 0 aliphatic carbocycles. The van der Waals surface area contributed by atoms with Crippen molar-refractivity contribution in [2.75, 3.05) is 26.2 Å². The molecular formula is C11H24N2O. The second kappa shape index (κ2) is 5.10. The maximum absolute atomic E-state index is 9.69. The molecule has 84 valence electrons. The zero-order valence-electron chi connectivity index (χ0n) is 9.71. The van der Waals surface area contributed by atoms with Crippen LogP contribution in [0.3, 0.4) is 0 Å². The van der Waals surface area contributed by atoms with Crippen LogP contribution >= 0.6 is 0 Å². The predicted octanol–water partition coefficient (Wildman–Crippen LogP) is 0.831. The number of nitrogens with zero attached hydrogens (tertiary/aromatic N) is 1. The van der Waals surface area contributed by atoms with Crippen LogP contribution in [-0.4, -0.2) is 47.8 Å². The summed E-state index contributed by atoms with van der Waals surface area (Å²) < 4.78 is 0. The van der Waals surface area contributed by atoms with Gasteiger partial charge in [0.2, 0.25) is 0 Å². The highest BCUT2D eigenvalue weighted by Crippen LogP contribution is 2.17. The Kier molecular flexibility index (Phi) is 4.35. The van der Waals surface area contributed by atoms with E-state index < -0.39 is 0 Å². The fraction of sp³-hybridized carbons (Fsp3) is 1.00. The number of hydrogen-bond acceptors (Lipinski definition) is 3. The molecule has 2 N–H and O–H groups in total. The second-order valence-electron chi connectivity index (χ2n) is 4.90. The SMILES string of the molecule is CCCCN1CC(O)CNCC1(C)C. The summed E-state index contributed by atoms with van der Waals surface area (Å²) in [6.07, 6.45) is 2.22. The van der Waals surface area contributed by atoms with Crippen molar-refractivity contribution in [2.24, 2.45) is 0 Å². The van der Waals surface area contributed by atoms with E-state index in [1.165, 1.54) is 12.8 Å². The minimum atomic E-state index is -0.214. The monoisotopic (exact) mass is 200 g/mol. The quantitative estimate of drug-likeness (QED) is 0.708. The van der Waals surface area contributed by atoms with Crippen molar-refractivity contribution in [1.82, 2.24) is 10.2 Å². The van der Waals surface area contributed by atoms with E-state index in [-0.39, 0.29) is 11.6 Å². The minimum absolute atomic E-state index is 0.173. The molecule has 1 aliphatic rings. The molecule has 1 fully saturated rings. The summed E-state index contributed by atoms with van der Waals surface area (Å²) in [4.78, 5) is 2.40. The summed E-state index contributed by atoms with van der Waals surface area (Å²) in [7, 11) is 0. The van der Waals surface area contributed by atoms with Crippen molar-refractivity contribution < 1.29 is 5.11 Å². The number of β-amino-alcohol motifs (C(OH)–C–C–N with tert-alkyl or cyclic N) is 1. The van der Waals surface area contributed by atoms with Gasteiger partial charge in [0.05, 0.1) is 6.10 Å². The summed E-state index contributed by atoms with van der Waals surface area (Å²) >= 11 is 0. The Hall–Kier alpha value is -0.120. The zero-order chi connectivity index (χ0) is 10.6. The highest BCUT2D eigenvalue weighted by Gasteiger charge is 2.30. The summed E-state index contributed by atoms with van der Waals surface area (Å²) in [5.74, 6) is 0. The van der Waals surface area contributed by atoms with Gasteiger partial charge in [-0.15, -0.1) is 0 Å². The smallest absolute Gasteiger partial charge is 0.0791 e. The second-order valence-corrected chi connectivity index (χ2v) is 4.90. The van der Waals surface area contributed by atoms with Crippen molar-refractivity contribution >= 4 is 0 Å². The number of hydrogen-bond donors (Lipinski definition) is 2. The molecule has 0 aromatic rings. The van der Waals surface area contributed by atoms with E-state index in [1.807, 2.05) is 0 Å². The van der Waals surface area contributed by atoms with Gasteiger partial charge in [-0.25, -0.2) is 0 Å². The normalized spacial score (nSPS) is 28.7. The van der Waals surface area contributed by atoms with E-state index in [9.17, 15) is 5.11 Å². The lowest BCUT2D eigenvalue weighted by Gasteiger charge is -2.37. The molecule has 3 heteroatoms. The van der Waals surface area contributed by atoms with Gasteiger partial charge in [-0.1, -0.05) is 13.3 Å². The summed E-state index contributed by atoms with van der Waals surface area (Å²) in [6.45, 7) is 10.3. The van der Waals surface area contributed by atoms with Gasteiger partial charge in [0, 0.05) is 25.2 Å². The first-order valence-corrected chi connectivity index (χ1v) is 5.70. The molecule has 1 atom stereocenters. The van der Waals surface area contributed by atoms with E-state index in [1.54, 1.807) is 0 Å². The van der Waals surface area contributed by atoms with Gasteiger partial charge in [-0.2, -0.15) is 0 Å². The third-order valence-corrected chi connectivity index (χ3v) is 3.01. The maximum Gasteiger partial charge on any atom is 0.0791 e. The molecule has 0 amide bonds. The standard InChI is InChI=1S/C11H24N2O/c1-4-5-6-13-8-10(14)7-12-9-11(13,2)3/h10,12,14H,4-9H2,1-3H3. The van der Waals surface area contributed by atoms with Crippen molar-refractivity contribution in [3.63, 3.8) is 0 Å². The van der Waals surface area contributed by atoms with Gasteiger partial charge < -0.3 is 10.4 Å². The molecule has 1 saturated heterocycles. The molecule has 0 bridgehead atoms.